The summed E-state index contributed by atoms with van der Waals surface area (Å²) in [6.45, 7) is 4.29. The average molecular weight is 294 g/mol. The lowest BCUT2D eigenvalue weighted by atomic mass is 10.1. The van der Waals surface area contributed by atoms with Gasteiger partial charge in [0, 0.05) is 27.9 Å². The van der Waals surface area contributed by atoms with Gasteiger partial charge in [-0.1, -0.05) is 12.1 Å². The van der Waals surface area contributed by atoms with Crippen molar-refractivity contribution < 1.29 is 0 Å². The zero-order chi connectivity index (χ0) is 14.8. The van der Waals surface area contributed by atoms with Crippen LogP contribution in [0.5, 0.6) is 0 Å². The van der Waals surface area contributed by atoms with Crippen LogP contribution in [0.2, 0.25) is 0 Å². The molecule has 0 aliphatic rings. The van der Waals surface area contributed by atoms with Crippen molar-refractivity contribution in [2.75, 3.05) is 5.73 Å². The lowest BCUT2D eigenvalue weighted by Gasteiger charge is -2.09. The molecule has 0 aliphatic heterocycles. The van der Waals surface area contributed by atoms with Crippen LogP contribution in [0.3, 0.4) is 0 Å². The molecule has 0 spiro atoms. The van der Waals surface area contributed by atoms with Crippen LogP contribution in [-0.4, -0.2) is 4.98 Å². The van der Waals surface area contributed by atoms with Crippen molar-refractivity contribution in [3.05, 3.63) is 65.4 Å². The van der Waals surface area contributed by atoms with E-state index < -0.39 is 0 Å². The highest BCUT2D eigenvalue weighted by Gasteiger charge is 2.06. The van der Waals surface area contributed by atoms with E-state index in [1.807, 2.05) is 36.2 Å². The summed E-state index contributed by atoms with van der Waals surface area (Å²) >= 11 is 1.84. The van der Waals surface area contributed by atoms with Gasteiger partial charge in [-0.15, -0.1) is 11.8 Å². The lowest BCUT2D eigenvalue weighted by molar-refractivity contribution is 1.27. The van der Waals surface area contributed by atoms with Gasteiger partial charge in [-0.3, -0.25) is 4.98 Å². The molecular weight excluding hydrogens is 276 g/mol. The van der Waals surface area contributed by atoms with E-state index in [-0.39, 0.29) is 0 Å². The number of hydrogen-bond donors (Lipinski definition) is 1. The molecule has 3 heteroatoms. The van der Waals surface area contributed by atoms with Crippen molar-refractivity contribution in [1.82, 2.24) is 4.98 Å². The number of nitrogens with zero attached hydrogens (tertiary/aromatic N) is 1. The van der Waals surface area contributed by atoms with E-state index in [1.54, 1.807) is 0 Å². The third kappa shape index (κ3) is 2.88. The Kier molecular flexibility index (Phi) is 3.84. The van der Waals surface area contributed by atoms with Gasteiger partial charge in [-0.05, 0) is 60.9 Å². The van der Waals surface area contributed by atoms with Crippen molar-refractivity contribution in [1.29, 1.82) is 0 Å². The van der Waals surface area contributed by atoms with Crippen LogP contribution in [0, 0.1) is 13.8 Å². The first kappa shape index (κ1) is 14.0. The van der Waals surface area contributed by atoms with E-state index in [2.05, 4.69) is 43.1 Å². The molecular formula is C18H18N2S. The van der Waals surface area contributed by atoms with E-state index in [4.69, 9.17) is 5.73 Å². The van der Waals surface area contributed by atoms with Crippen LogP contribution >= 0.6 is 11.8 Å². The molecule has 0 aliphatic carbocycles. The van der Waals surface area contributed by atoms with Gasteiger partial charge in [0.15, 0.2) is 0 Å². The molecule has 1 aromatic heterocycles. The highest BCUT2D eigenvalue weighted by Crippen LogP contribution is 2.29. The molecule has 2 aromatic carbocycles. The highest BCUT2D eigenvalue weighted by molar-refractivity contribution is 7.98. The van der Waals surface area contributed by atoms with Crippen LogP contribution in [-0.2, 0) is 5.75 Å². The SMILES string of the molecule is Cc1ccc(SCc2ccc(N)c3cccnc23)cc1C. The van der Waals surface area contributed by atoms with Gasteiger partial charge in [0.25, 0.3) is 0 Å². The normalized spacial score (nSPS) is 11.0. The van der Waals surface area contributed by atoms with E-state index in [9.17, 15) is 0 Å². The topological polar surface area (TPSA) is 38.9 Å². The first-order valence-electron chi connectivity index (χ1n) is 6.97. The Labute approximate surface area is 129 Å². The maximum absolute atomic E-state index is 6.02. The molecule has 0 bridgehead atoms. The molecule has 0 saturated heterocycles. The number of pyridine rings is 1. The summed E-state index contributed by atoms with van der Waals surface area (Å²) in [6.07, 6.45) is 1.83. The summed E-state index contributed by atoms with van der Waals surface area (Å²) in [7, 11) is 0. The van der Waals surface area contributed by atoms with Crippen molar-refractivity contribution in [2.45, 2.75) is 24.5 Å². The fourth-order valence-electron chi connectivity index (χ4n) is 2.33. The van der Waals surface area contributed by atoms with Gasteiger partial charge >= 0.3 is 0 Å². The second kappa shape index (κ2) is 5.78. The Morgan fingerprint density at radius 3 is 2.71 bits per heavy atom. The average Bonchev–Trinajstić information content (AvgIpc) is 2.50. The van der Waals surface area contributed by atoms with Crippen molar-refractivity contribution in [3.8, 4) is 0 Å². The van der Waals surface area contributed by atoms with Crippen molar-refractivity contribution in [2.24, 2.45) is 0 Å². The number of nitrogens with two attached hydrogens (primary N) is 1. The van der Waals surface area contributed by atoms with Crippen LogP contribution in [0.15, 0.2) is 53.6 Å². The van der Waals surface area contributed by atoms with Gasteiger partial charge < -0.3 is 5.73 Å². The minimum atomic E-state index is 0.790. The summed E-state index contributed by atoms with van der Waals surface area (Å²) in [5.74, 6) is 0.899. The quantitative estimate of drug-likeness (QED) is 0.561. The van der Waals surface area contributed by atoms with Crippen molar-refractivity contribution in [3.63, 3.8) is 0 Å². The smallest absolute Gasteiger partial charge is 0.0763 e. The Hall–Kier alpha value is -2.00. The largest absolute Gasteiger partial charge is 0.398 e. The summed E-state index contributed by atoms with van der Waals surface area (Å²) < 4.78 is 0. The Bertz CT molecular complexity index is 796. The number of thioether (sulfide) groups is 1. The van der Waals surface area contributed by atoms with Gasteiger partial charge in [-0.25, -0.2) is 0 Å². The minimum absolute atomic E-state index is 0.790. The third-order valence-corrected chi connectivity index (χ3v) is 4.80. The maximum Gasteiger partial charge on any atom is 0.0763 e. The molecule has 0 amide bonds. The van der Waals surface area contributed by atoms with Gasteiger partial charge in [0.1, 0.15) is 0 Å². The molecule has 2 nitrogen and oxygen atoms in total. The molecule has 21 heavy (non-hydrogen) atoms. The molecule has 3 rings (SSSR count). The van der Waals surface area contributed by atoms with E-state index in [1.165, 1.54) is 21.6 Å². The Morgan fingerprint density at radius 2 is 1.90 bits per heavy atom. The maximum atomic E-state index is 6.02. The van der Waals surface area contributed by atoms with Crippen LogP contribution < -0.4 is 5.73 Å². The van der Waals surface area contributed by atoms with E-state index in [0.717, 1.165) is 22.3 Å². The fraction of sp³-hybridized carbons (Fsp3) is 0.167. The molecule has 2 N–H and O–H groups in total. The van der Waals surface area contributed by atoms with E-state index >= 15 is 0 Å². The first-order chi connectivity index (χ1) is 10.1. The number of fused-ring (bicyclic) bond motifs is 1. The number of aromatic nitrogens is 1. The fourth-order valence-corrected chi connectivity index (χ4v) is 3.31. The number of hydrogen-bond acceptors (Lipinski definition) is 3. The van der Waals surface area contributed by atoms with Crippen LogP contribution in [0.25, 0.3) is 10.9 Å². The minimum Gasteiger partial charge on any atom is -0.398 e. The first-order valence-corrected chi connectivity index (χ1v) is 7.96. The molecule has 3 aromatic rings. The van der Waals surface area contributed by atoms with E-state index in [0.29, 0.717) is 0 Å². The van der Waals surface area contributed by atoms with Gasteiger partial charge in [-0.2, -0.15) is 0 Å². The zero-order valence-electron chi connectivity index (χ0n) is 12.3. The molecule has 0 fully saturated rings. The molecule has 0 radical (unpaired) electrons. The number of benzene rings is 2. The molecule has 0 saturated carbocycles. The summed E-state index contributed by atoms with van der Waals surface area (Å²) in [5, 5.41) is 1.04. The predicted octanol–water partition coefficient (Wildman–Crippen LogP) is 4.73. The molecule has 106 valence electrons. The molecule has 0 atom stereocenters. The second-order valence-corrected chi connectivity index (χ2v) is 6.30. The second-order valence-electron chi connectivity index (χ2n) is 5.25. The lowest BCUT2D eigenvalue weighted by Crippen LogP contribution is -1.93. The summed E-state index contributed by atoms with van der Waals surface area (Å²) in [4.78, 5) is 5.78. The summed E-state index contributed by atoms with van der Waals surface area (Å²) in [6, 6.07) is 14.6. The van der Waals surface area contributed by atoms with Crippen LogP contribution in [0.4, 0.5) is 5.69 Å². The molecule has 1 heterocycles. The number of nitrogen functional groups attached to an aromatic ring is 1. The van der Waals surface area contributed by atoms with Gasteiger partial charge in [0.05, 0.1) is 5.52 Å². The predicted molar refractivity (Wildman–Crippen MR) is 91.6 cm³/mol. The number of rotatable bonds is 3. The Balaban J connectivity index is 1.88. The van der Waals surface area contributed by atoms with Gasteiger partial charge in [0.2, 0.25) is 0 Å². The monoisotopic (exact) mass is 294 g/mol. The standard InChI is InChI=1S/C18H18N2S/c1-12-5-7-15(10-13(12)2)21-11-14-6-8-17(19)16-4-3-9-20-18(14)16/h3-10H,11,19H2,1-2H3. The highest BCUT2D eigenvalue weighted by atomic mass is 32.2. The van der Waals surface area contributed by atoms with Crippen molar-refractivity contribution >= 4 is 28.4 Å². The number of aryl methyl sites for hydroxylation is 2. The summed E-state index contributed by atoms with van der Waals surface area (Å²) in [5.41, 5.74) is 11.7. The number of anilines is 1. The third-order valence-electron chi connectivity index (χ3n) is 3.76. The Morgan fingerprint density at radius 1 is 1.05 bits per heavy atom. The van der Waals surface area contributed by atoms with Crippen LogP contribution in [0.1, 0.15) is 16.7 Å². The molecule has 0 unspecified atom stereocenters. The zero-order valence-corrected chi connectivity index (χ0v) is 13.1.